The van der Waals surface area contributed by atoms with Gasteiger partial charge in [-0.15, -0.1) is 0 Å². The number of aliphatic hydroxyl groups excluding tert-OH is 4. The maximum atomic E-state index is 9.30. The second kappa shape index (κ2) is 4.15. The van der Waals surface area contributed by atoms with Crippen LogP contribution in [-0.2, 0) is 0 Å². The number of piperidine rings is 1. The maximum Gasteiger partial charge on any atom is 0.0974 e. The first-order valence-electron chi connectivity index (χ1n) is 4.03. The molecule has 72 valence electrons. The highest BCUT2D eigenvalue weighted by atomic mass is 16.3. The highest BCUT2D eigenvalue weighted by Gasteiger charge is 2.34. The minimum absolute atomic E-state index is 0.0969. The van der Waals surface area contributed by atoms with Gasteiger partial charge in [0.1, 0.15) is 0 Å². The van der Waals surface area contributed by atoms with E-state index in [0.717, 1.165) is 0 Å². The standard InChI is InChI=1S/C7H15NO4/c9-2-4-1-6(11)7(12)5(3-10)8-4/h4-12H,1-3H2/t4?,5?,6?,7-/m1/s1. The van der Waals surface area contributed by atoms with Gasteiger partial charge >= 0.3 is 0 Å². The van der Waals surface area contributed by atoms with Gasteiger partial charge in [0.2, 0.25) is 0 Å². The lowest BCUT2D eigenvalue weighted by Gasteiger charge is -2.36. The largest absolute Gasteiger partial charge is 0.395 e. The summed E-state index contributed by atoms with van der Waals surface area (Å²) in [7, 11) is 0. The molecule has 1 heterocycles. The van der Waals surface area contributed by atoms with Gasteiger partial charge in [0.05, 0.1) is 31.5 Å². The van der Waals surface area contributed by atoms with Crippen LogP contribution in [0.2, 0.25) is 0 Å². The summed E-state index contributed by atoms with van der Waals surface area (Å²) in [5.41, 5.74) is 0. The van der Waals surface area contributed by atoms with Crippen LogP contribution in [0.4, 0.5) is 0 Å². The smallest absolute Gasteiger partial charge is 0.0974 e. The van der Waals surface area contributed by atoms with Gasteiger partial charge in [-0.05, 0) is 6.42 Å². The Hall–Kier alpha value is -0.200. The van der Waals surface area contributed by atoms with Crippen molar-refractivity contribution < 1.29 is 20.4 Å². The van der Waals surface area contributed by atoms with E-state index in [0.29, 0.717) is 6.42 Å². The number of nitrogens with one attached hydrogen (secondary N) is 1. The molecule has 0 aromatic rings. The summed E-state index contributed by atoms with van der Waals surface area (Å²) in [5, 5.41) is 38.9. The number of rotatable bonds is 2. The molecular formula is C7H15NO4. The molecular weight excluding hydrogens is 162 g/mol. The lowest BCUT2D eigenvalue weighted by atomic mass is 9.94. The molecule has 0 radical (unpaired) electrons. The van der Waals surface area contributed by atoms with Crippen molar-refractivity contribution in [1.29, 1.82) is 0 Å². The molecule has 4 atom stereocenters. The SMILES string of the molecule is OCC1CC(O)[C@H](O)C(CO)N1. The molecule has 0 saturated carbocycles. The molecule has 1 rings (SSSR count). The van der Waals surface area contributed by atoms with E-state index in [1.54, 1.807) is 0 Å². The molecule has 0 spiro atoms. The topological polar surface area (TPSA) is 93.0 Å². The summed E-state index contributed by atoms with van der Waals surface area (Å²) in [4.78, 5) is 0. The van der Waals surface area contributed by atoms with Crippen LogP contribution in [0.25, 0.3) is 0 Å². The van der Waals surface area contributed by atoms with E-state index in [1.807, 2.05) is 0 Å². The fourth-order valence-corrected chi connectivity index (χ4v) is 1.46. The summed E-state index contributed by atoms with van der Waals surface area (Å²) in [6, 6.07) is -0.772. The predicted molar refractivity (Wildman–Crippen MR) is 41.5 cm³/mol. The summed E-state index contributed by atoms with van der Waals surface area (Å²) in [6.07, 6.45) is -1.49. The Labute approximate surface area is 70.6 Å². The molecule has 12 heavy (non-hydrogen) atoms. The van der Waals surface area contributed by atoms with Gasteiger partial charge in [-0.1, -0.05) is 0 Å². The molecule has 0 aliphatic carbocycles. The first-order valence-corrected chi connectivity index (χ1v) is 4.03. The van der Waals surface area contributed by atoms with Crippen molar-refractivity contribution in [3.05, 3.63) is 0 Å². The van der Waals surface area contributed by atoms with Crippen LogP contribution in [0, 0.1) is 0 Å². The summed E-state index contributed by atoms with van der Waals surface area (Å²) in [6.45, 7) is -0.338. The van der Waals surface area contributed by atoms with Gasteiger partial charge in [-0.25, -0.2) is 0 Å². The molecule has 1 aliphatic heterocycles. The van der Waals surface area contributed by atoms with Crippen molar-refractivity contribution in [3.63, 3.8) is 0 Å². The third kappa shape index (κ3) is 1.94. The van der Waals surface area contributed by atoms with E-state index in [9.17, 15) is 10.2 Å². The van der Waals surface area contributed by atoms with Gasteiger partial charge in [-0.3, -0.25) is 0 Å². The molecule has 0 bridgehead atoms. The first kappa shape index (κ1) is 9.88. The number of aliphatic hydroxyl groups is 4. The van der Waals surface area contributed by atoms with E-state index >= 15 is 0 Å². The summed E-state index contributed by atoms with van der Waals surface area (Å²) < 4.78 is 0. The zero-order valence-electron chi connectivity index (χ0n) is 6.72. The van der Waals surface area contributed by atoms with Crippen LogP contribution < -0.4 is 5.32 Å². The van der Waals surface area contributed by atoms with Crippen LogP contribution in [0.15, 0.2) is 0 Å². The van der Waals surface area contributed by atoms with Gasteiger partial charge in [0, 0.05) is 6.04 Å². The fourth-order valence-electron chi connectivity index (χ4n) is 1.46. The maximum absolute atomic E-state index is 9.30. The van der Waals surface area contributed by atoms with E-state index in [4.69, 9.17) is 10.2 Å². The Balaban J connectivity index is 2.52. The minimum atomic E-state index is -0.946. The van der Waals surface area contributed by atoms with E-state index in [1.165, 1.54) is 0 Å². The van der Waals surface area contributed by atoms with Crippen molar-refractivity contribution in [2.24, 2.45) is 0 Å². The number of hydrogen-bond acceptors (Lipinski definition) is 5. The van der Waals surface area contributed by atoms with Crippen LogP contribution in [0.5, 0.6) is 0 Å². The average molecular weight is 177 g/mol. The van der Waals surface area contributed by atoms with Gasteiger partial charge in [-0.2, -0.15) is 0 Å². The average Bonchev–Trinajstić information content (AvgIpc) is 2.09. The molecule has 5 N–H and O–H groups in total. The second-order valence-electron chi connectivity index (χ2n) is 3.13. The quantitative estimate of drug-likeness (QED) is 0.319. The van der Waals surface area contributed by atoms with Crippen LogP contribution >= 0.6 is 0 Å². The molecule has 1 fully saturated rings. The van der Waals surface area contributed by atoms with Gasteiger partial charge in [0.15, 0.2) is 0 Å². The first-order chi connectivity index (χ1) is 5.69. The van der Waals surface area contributed by atoms with Crippen molar-refractivity contribution in [1.82, 2.24) is 5.32 Å². The highest BCUT2D eigenvalue weighted by Crippen LogP contribution is 2.13. The van der Waals surface area contributed by atoms with Crippen LogP contribution in [-0.4, -0.2) is 57.9 Å². The minimum Gasteiger partial charge on any atom is -0.395 e. The fraction of sp³-hybridized carbons (Fsp3) is 1.00. The Morgan fingerprint density at radius 3 is 2.33 bits per heavy atom. The number of hydrogen-bond donors (Lipinski definition) is 5. The lowest BCUT2D eigenvalue weighted by molar-refractivity contribution is -0.0563. The monoisotopic (exact) mass is 177 g/mol. The summed E-state index contributed by atoms with van der Waals surface area (Å²) in [5.74, 6) is 0. The molecule has 0 amide bonds. The Bertz CT molecular complexity index is 143. The third-order valence-electron chi connectivity index (χ3n) is 2.20. The van der Waals surface area contributed by atoms with Crippen molar-refractivity contribution in [2.75, 3.05) is 13.2 Å². The van der Waals surface area contributed by atoms with E-state index < -0.39 is 18.2 Å². The van der Waals surface area contributed by atoms with Crippen molar-refractivity contribution in [2.45, 2.75) is 30.7 Å². The summed E-state index contributed by atoms with van der Waals surface area (Å²) >= 11 is 0. The third-order valence-corrected chi connectivity index (χ3v) is 2.20. The van der Waals surface area contributed by atoms with Crippen molar-refractivity contribution >= 4 is 0 Å². The van der Waals surface area contributed by atoms with Gasteiger partial charge in [0.25, 0.3) is 0 Å². The normalized spacial score (nSPS) is 43.0. The van der Waals surface area contributed by atoms with E-state index in [-0.39, 0.29) is 19.3 Å². The molecule has 5 heteroatoms. The molecule has 0 aromatic carbocycles. The van der Waals surface area contributed by atoms with Crippen molar-refractivity contribution in [3.8, 4) is 0 Å². The van der Waals surface area contributed by atoms with Crippen LogP contribution in [0.3, 0.4) is 0 Å². The highest BCUT2D eigenvalue weighted by molar-refractivity contribution is 4.91. The Morgan fingerprint density at radius 1 is 1.17 bits per heavy atom. The second-order valence-corrected chi connectivity index (χ2v) is 3.13. The molecule has 1 aliphatic rings. The lowest BCUT2D eigenvalue weighted by Crippen LogP contribution is -2.59. The zero-order chi connectivity index (χ0) is 9.14. The predicted octanol–water partition coefficient (Wildman–Crippen LogP) is -2.58. The molecule has 1 saturated heterocycles. The van der Waals surface area contributed by atoms with E-state index in [2.05, 4.69) is 5.32 Å². The molecule has 0 aromatic heterocycles. The Kier molecular flexibility index (Phi) is 3.42. The Morgan fingerprint density at radius 2 is 1.83 bits per heavy atom. The molecule has 5 nitrogen and oxygen atoms in total. The zero-order valence-corrected chi connectivity index (χ0v) is 6.72. The molecule has 3 unspecified atom stereocenters. The van der Waals surface area contributed by atoms with Crippen LogP contribution in [0.1, 0.15) is 6.42 Å². The van der Waals surface area contributed by atoms with Gasteiger partial charge < -0.3 is 25.7 Å².